The number of carboxylic acid groups (broad SMARTS) is 1. The molecule has 4 rings (SSSR count). The molecule has 3 aliphatic rings. The molecule has 3 saturated heterocycles. The molecular weight excluding hydrogens is 553 g/mol. The van der Waals surface area contributed by atoms with Gasteiger partial charge in [0.15, 0.2) is 0 Å². The standard InChI is InChI=1S/C21H25N5O8S2.Na.H2O/c1-21(2)14(18(29)30)26-16(28)13(17(26)35-21)22-15(27)12(11-7-5-4-6-8-11)23-19(31)24-9-10-25(20(24)32)36(3,33)34;;/h4-8,12-14,17H,9-10H2,1-3H3,(H,22,27)(H,23,31)(H,29,30);;1H2/t12-,13-,14+,17-;;/m1../s1. The number of sulfonamides is 1. The molecule has 0 spiro atoms. The zero-order chi connectivity index (χ0) is 26.6. The van der Waals surface area contributed by atoms with Crippen molar-refractivity contribution < 1.29 is 43.0 Å². The van der Waals surface area contributed by atoms with Gasteiger partial charge in [-0.1, -0.05) is 30.3 Å². The molecule has 1 aromatic rings. The molecule has 0 unspecified atom stereocenters. The monoisotopic (exact) mass is 580 g/mol. The number of carbonyl (C=O) groups is 5. The molecule has 6 amide bonds. The second kappa shape index (κ2) is 11.4. The van der Waals surface area contributed by atoms with Crippen molar-refractivity contribution in [1.29, 1.82) is 0 Å². The Morgan fingerprint density at radius 1 is 1.13 bits per heavy atom. The van der Waals surface area contributed by atoms with Crippen LogP contribution in [0.2, 0.25) is 0 Å². The SMILES string of the molecule is CC1(C)S[C@@H]2[C@H](NC(=O)[C@H](NC(=O)N3CCN(S(C)(=O)=O)C3=O)c3ccccc3)C(=O)N2[C@H]1C(=O)O.O.[Na]. The van der Waals surface area contributed by atoms with Gasteiger partial charge in [0.25, 0.3) is 0 Å². The average Bonchev–Trinajstić information content (AvgIpc) is 3.31. The van der Waals surface area contributed by atoms with Crippen LogP contribution in [0.15, 0.2) is 30.3 Å². The van der Waals surface area contributed by atoms with Gasteiger partial charge >= 0.3 is 18.0 Å². The summed E-state index contributed by atoms with van der Waals surface area (Å²) in [5.41, 5.74) is 0.362. The minimum Gasteiger partial charge on any atom is -0.480 e. The fourth-order valence-corrected chi connectivity index (χ4v) is 6.96. The molecule has 1 aromatic carbocycles. The third kappa shape index (κ3) is 5.65. The van der Waals surface area contributed by atoms with Gasteiger partial charge in [-0.2, -0.15) is 0 Å². The molecule has 3 fully saturated rings. The summed E-state index contributed by atoms with van der Waals surface area (Å²) < 4.78 is 23.3. The first-order chi connectivity index (χ1) is 16.7. The van der Waals surface area contributed by atoms with Crippen LogP contribution in [0, 0.1) is 0 Å². The number of imide groups is 1. The van der Waals surface area contributed by atoms with Gasteiger partial charge in [-0.25, -0.2) is 32.0 Å². The summed E-state index contributed by atoms with van der Waals surface area (Å²) in [5.74, 6) is -2.42. The molecule has 203 valence electrons. The van der Waals surface area contributed by atoms with Crippen LogP contribution in [0.3, 0.4) is 0 Å². The first kappa shape index (κ1) is 31.8. The second-order valence-corrected chi connectivity index (χ2v) is 12.8. The van der Waals surface area contributed by atoms with E-state index in [0.717, 1.165) is 6.26 Å². The number of fused-ring (bicyclic) bond motifs is 1. The molecule has 4 atom stereocenters. The van der Waals surface area contributed by atoms with E-state index in [-0.39, 0.29) is 48.1 Å². The van der Waals surface area contributed by atoms with Crippen LogP contribution in [-0.2, 0) is 24.4 Å². The number of amides is 6. The summed E-state index contributed by atoms with van der Waals surface area (Å²) in [6, 6.07) is 2.76. The first-order valence-electron chi connectivity index (χ1n) is 10.9. The molecular formula is C21H27N5NaO9S2. The van der Waals surface area contributed by atoms with Crippen molar-refractivity contribution in [3.63, 3.8) is 0 Å². The maximum Gasteiger partial charge on any atom is 0.341 e. The Kier molecular flexibility index (Phi) is 9.55. The van der Waals surface area contributed by atoms with Crippen molar-refractivity contribution in [2.75, 3.05) is 19.3 Å². The van der Waals surface area contributed by atoms with Gasteiger partial charge in [-0.15, -0.1) is 11.8 Å². The largest absolute Gasteiger partial charge is 0.480 e. The number of carboxylic acids is 1. The van der Waals surface area contributed by atoms with E-state index >= 15 is 0 Å². The minimum absolute atomic E-state index is 0. The maximum atomic E-state index is 13.3. The number of β-lactam (4-membered cyclic amide) rings is 1. The number of carbonyl (C=O) groups excluding carboxylic acids is 4. The average molecular weight is 581 g/mol. The van der Waals surface area contributed by atoms with Crippen LogP contribution in [0.4, 0.5) is 9.59 Å². The van der Waals surface area contributed by atoms with Gasteiger partial charge in [0.05, 0.1) is 19.3 Å². The van der Waals surface area contributed by atoms with Gasteiger partial charge < -0.3 is 26.1 Å². The van der Waals surface area contributed by atoms with Crippen molar-refractivity contribution in [1.82, 2.24) is 24.7 Å². The molecule has 1 radical (unpaired) electrons. The molecule has 0 aromatic heterocycles. The summed E-state index contributed by atoms with van der Waals surface area (Å²) in [4.78, 5) is 65.0. The van der Waals surface area contributed by atoms with Gasteiger partial charge in [-0.3, -0.25) is 9.59 Å². The van der Waals surface area contributed by atoms with E-state index in [1.165, 1.54) is 16.7 Å². The quantitative estimate of drug-likeness (QED) is 0.266. The van der Waals surface area contributed by atoms with Crippen molar-refractivity contribution in [3.05, 3.63) is 35.9 Å². The predicted molar refractivity (Wildman–Crippen MR) is 136 cm³/mol. The molecule has 3 aliphatic heterocycles. The van der Waals surface area contributed by atoms with E-state index in [1.807, 2.05) is 0 Å². The van der Waals surface area contributed by atoms with E-state index < -0.39 is 68.1 Å². The maximum absolute atomic E-state index is 13.3. The summed E-state index contributed by atoms with van der Waals surface area (Å²) in [6.07, 6.45) is 0.850. The van der Waals surface area contributed by atoms with Crippen LogP contribution in [0.5, 0.6) is 0 Å². The second-order valence-electron chi connectivity index (χ2n) is 9.15. The Morgan fingerprint density at radius 3 is 2.26 bits per heavy atom. The fourth-order valence-electron chi connectivity index (χ4n) is 4.54. The van der Waals surface area contributed by atoms with E-state index in [2.05, 4.69) is 10.6 Å². The number of hydrogen-bond acceptors (Lipinski definition) is 8. The number of nitrogens with zero attached hydrogens (tertiary/aromatic N) is 3. The van der Waals surface area contributed by atoms with Crippen molar-refractivity contribution >= 4 is 81.2 Å². The van der Waals surface area contributed by atoms with Crippen LogP contribution >= 0.6 is 11.8 Å². The zero-order valence-electron chi connectivity index (χ0n) is 21.1. The Morgan fingerprint density at radius 2 is 1.74 bits per heavy atom. The Hall–Kier alpha value is -2.37. The normalized spacial score (nSPS) is 24.4. The molecule has 5 N–H and O–H groups in total. The van der Waals surface area contributed by atoms with Crippen LogP contribution in [0.1, 0.15) is 25.5 Å². The first-order valence-corrected chi connectivity index (χ1v) is 13.6. The Balaban J connectivity index is 0.00000253. The molecule has 0 saturated carbocycles. The smallest absolute Gasteiger partial charge is 0.341 e. The van der Waals surface area contributed by atoms with Crippen LogP contribution < -0.4 is 10.6 Å². The molecule has 3 heterocycles. The molecule has 0 bridgehead atoms. The van der Waals surface area contributed by atoms with Gasteiger partial charge in [0.1, 0.15) is 23.5 Å². The summed E-state index contributed by atoms with van der Waals surface area (Å²) >= 11 is 1.26. The summed E-state index contributed by atoms with van der Waals surface area (Å²) in [5, 5.41) is 14.0. The van der Waals surface area contributed by atoms with Crippen LogP contribution in [0.25, 0.3) is 0 Å². The molecule has 38 heavy (non-hydrogen) atoms. The number of rotatable bonds is 6. The summed E-state index contributed by atoms with van der Waals surface area (Å²) in [7, 11) is -3.87. The topological polar surface area (TPSA) is 205 Å². The third-order valence-electron chi connectivity index (χ3n) is 6.25. The minimum atomic E-state index is -3.87. The zero-order valence-corrected chi connectivity index (χ0v) is 24.7. The van der Waals surface area contributed by atoms with Gasteiger partial charge in [0, 0.05) is 34.3 Å². The predicted octanol–water partition coefficient (Wildman–Crippen LogP) is -1.44. The van der Waals surface area contributed by atoms with Crippen molar-refractivity contribution in [2.45, 2.75) is 42.1 Å². The molecule has 0 aliphatic carbocycles. The number of hydrogen-bond donors (Lipinski definition) is 3. The van der Waals surface area contributed by atoms with E-state index in [1.54, 1.807) is 44.2 Å². The summed E-state index contributed by atoms with van der Waals surface area (Å²) in [6.45, 7) is 3.02. The fraction of sp³-hybridized carbons (Fsp3) is 0.476. The van der Waals surface area contributed by atoms with Crippen molar-refractivity contribution in [3.8, 4) is 0 Å². The van der Waals surface area contributed by atoms with Gasteiger partial charge in [0.2, 0.25) is 21.8 Å². The van der Waals surface area contributed by atoms with E-state index in [4.69, 9.17) is 0 Å². The third-order valence-corrected chi connectivity index (χ3v) is 8.96. The number of urea groups is 2. The number of thioether (sulfide) groups is 1. The molecule has 17 heteroatoms. The Bertz CT molecular complexity index is 1250. The number of benzene rings is 1. The van der Waals surface area contributed by atoms with Gasteiger partial charge in [-0.05, 0) is 19.4 Å². The van der Waals surface area contributed by atoms with E-state index in [9.17, 15) is 37.5 Å². The van der Waals surface area contributed by atoms with E-state index in [0.29, 0.717) is 14.8 Å². The number of nitrogens with one attached hydrogen (secondary N) is 2. The number of aliphatic carboxylic acids is 1. The Labute approximate surface area is 245 Å². The van der Waals surface area contributed by atoms with Crippen LogP contribution in [-0.4, -0.2) is 134 Å². The van der Waals surface area contributed by atoms with Crippen molar-refractivity contribution in [2.24, 2.45) is 0 Å². The molecule has 14 nitrogen and oxygen atoms in total.